The van der Waals surface area contributed by atoms with Gasteiger partial charge in [-0.2, -0.15) is 13.2 Å². The van der Waals surface area contributed by atoms with Crippen LogP contribution in [0.25, 0.3) is 11.1 Å². The van der Waals surface area contributed by atoms with Crippen LogP contribution in [-0.2, 0) is 15.8 Å². The van der Waals surface area contributed by atoms with Crippen LogP contribution < -0.4 is 5.32 Å². The number of anilines is 1. The second-order valence-corrected chi connectivity index (χ2v) is 7.27. The van der Waals surface area contributed by atoms with Crippen molar-refractivity contribution in [3.05, 3.63) is 53.6 Å². The van der Waals surface area contributed by atoms with Crippen LogP contribution in [0.5, 0.6) is 0 Å². The molecule has 1 aliphatic rings. The quantitative estimate of drug-likeness (QED) is 0.416. The van der Waals surface area contributed by atoms with E-state index in [2.05, 4.69) is 15.3 Å². The average Bonchev–Trinajstić information content (AvgIpc) is 3.26. The molecule has 1 saturated heterocycles. The summed E-state index contributed by atoms with van der Waals surface area (Å²) >= 11 is 0. The monoisotopic (exact) mass is 487 g/mol. The second kappa shape index (κ2) is 11.5. The summed E-state index contributed by atoms with van der Waals surface area (Å²) in [6.45, 7) is 0.272. The van der Waals surface area contributed by atoms with Crippen molar-refractivity contribution in [1.82, 2.24) is 14.9 Å². The van der Waals surface area contributed by atoms with E-state index in [0.717, 1.165) is 25.0 Å². The van der Waals surface area contributed by atoms with Crippen molar-refractivity contribution in [3.8, 4) is 11.1 Å². The van der Waals surface area contributed by atoms with E-state index < -0.39 is 36.5 Å². The zero-order chi connectivity index (χ0) is 28.0. The summed E-state index contributed by atoms with van der Waals surface area (Å²) in [4.78, 5) is 28.9. The number of aryl methyl sites for hydroxylation is 1. The highest BCUT2D eigenvalue weighted by Gasteiger charge is 2.31. The number of aliphatic carboxylic acids is 2. The molecule has 2 aromatic rings. The standard InChI is InChI=1S/C18H20F4N4.C4H4O4/c1-11-15(14-6-5-12(8-16(14)19)18(20,21)22)10-24-17(25-11)23-9-13-4-3-7-26(13)2;5-3(6)1-2-4(7)8/h5-6,8,10,13H,3-4,7,9H2,1-2H3,(H,23,24,25);1-2H,(H,5,6)(H,7,8)/b;2-1+/t13-;/m0./s1/i2D3;. The van der Waals surface area contributed by atoms with Gasteiger partial charge in [-0.25, -0.2) is 23.9 Å². The minimum Gasteiger partial charge on any atom is -0.478 e. The van der Waals surface area contributed by atoms with E-state index in [1.165, 1.54) is 11.1 Å². The lowest BCUT2D eigenvalue weighted by Crippen LogP contribution is -2.32. The van der Waals surface area contributed by atoms with Gasteiger partial charge in [0.05, 0.1) is 11.3 Å². The van der Waals surface area contributed by atoms with Crippen LogP contribution in [0.1, 0.15) is 28.2 Å². The highest BCUT2D eigenvalue weighted by molar-refractivity contribution is 5.89. The first-order valence-corrected chi connectivity index (χ1v) is 9.95. The van der Waals surface area contributed by atoms with Crippen LogP contribution in [0.4, 0.5) is 23.5 Å². The summed E-state index contributed by atoms with van der Waals surface area (Å²) in [6.07, 6.45) is -0.644. The van der Waals surface area contributed by atoms with Gasteiger partial charge < -0.3 is 20.4 Å². The largest absolute Gasteiger partial charge is 0.478 e. The maximum atomic E-state index is 14.2. The average molecular weight is 487 g/mol. The SMILES string of the molecule is O=C(O)/C=C/C(=O)O.[2H]C([2H])([2H])N1CCC[C@H]1CNc1ncc(-c2ccc(C(F)(F)F)cc2F)c(C)n1. The summed E-state index contributed by atoms with van der Waals surface area (Å²) in [5.74, 6) is -3.28. The maximum Gasteiger partial charge on any atom is 0.416 e. The number of aromatic nitrogens is 2. The predicted molar refractivity (Wildman–Crippen MR) is 116 cm³/mol. The number of carboxylic acid groups (broad SMARTS) is 2. The molecule has 1 fully saturated rings. The van der Waals surface area contributed by atoms with Gasteiger partial charge in [0.1, 0.15) is 5.82 Å². The van der Waals surface area contributed by atoms with Crippen molar-refractivity contribution < 1.29 is 41.5 Å². The van der Waals surface area contributed by atoms with Crippen molar-refractivity contribution in [2.24, 2.45) is 0 Å². The van der Waals surface area contributed by atoms with E-state index >= 15 is 0 Å². The summed E-state index contributed by atoms with van der Waals surface area (Å²) in [5, 5.41) is 18.6. The number of carboxylic acids is 2. The molecule has 3 rings (SSSR count). The summed E-state index contributed by atoms with van der Waals surface area (Å²) in [6, 6.07) is 2.14. The van der Waals surface area contributed by atoms with Crippen LogP contribution >= 0.6 is 0 Å². The Morgan fingerprint density at radius 2 is 1.94 bits per heavy atom. The summed E-state index contributed by atoms with van der Waals surface area (Å²) < 4.78 is 75.1. The van der Waals surface area contributed by atoms with E-state index in [4.69, 9.17) is 14.3 Å². The van der Waals surface area contributed by atoms with Crippen molar-refractivity contribution in [2.45, 2.75) is 32.0 Å². The second-order valence-electron chi connectivity index (χ2n) is 7.27. The topological polar surface area (TPSA) is 116 Å². The molecule has 12 heteroatoms. The van der Waals surface area contributed by atoms with E-state index in [0.29, 0.717) is 37.0 Å². The van der Waals surface area contributed by atoms with Gasteiger partial charge in [-0.1, -0.05) is 6.07 Å². The lowest BCUT2D eigenvalue weighted by Gasteiger charge is -2.19. The summed E-state index contributed by atoms with van der Waals surface area (Å²) in [5.41, 5.74) is -0.413. The first-order chi connectivity index (χ1) is 17.1. The molecule has 0 unspecified atom stereocenters. The molecule has 1 aromatic heterocycles. The highest BCUT2D eigenvalue weighted by Crippen LogP contribution is 2.33. The fourth-order valence-electron chi connectivity index (χ4n) is 3.13. The third-order valence-electron chi connectivity index (χ3n) is 4.81. The number of hydrogen-bond acceptors (Lipinski definition) is 6. The van der Waals surface area contributed by atoms with Gasteiger partial charge >= 0.3 is 18.1 Å². The Labute approximate surface area is 197 Å². The molecule has 0 aliphatic carbocycles. The predicted octanol–water partition coefficient (Wildman–Crippen LogP) is 3.83. The Morgan fingerprint density at radius 3 is 2.47 bits per heavy atom. The minimum atomic E-state index is -4.62. The molecule has 2 heterocycles. The highest BCUT2D eigenvalue weighted by atomic mass is 19.4. The van der Waals surface area contributed by atoms with E-state index in [9.17, 15) is 27.2 Å². The number of hydrogen-bond donors (Lipinski definition) is 3. The molecule has 3 N–H and O–H groups in total. The minimum absolute atomic E-state index is 0.0218. The molecule has 0 amide bonds. The number of alkyl halides is 3. The fourth-order valence-corrected chi connectivity index (χ4v) is 3.13. The van der Waals surface area contributed by atoms with Gasteiger partial charge in [0.2, 0.25) is 5.95 Å². The Balaban J connectivity index is 0.000000521. The van der Waals surface area contributed by atoms with Crippen LogP contribution in [0.2, 0.25) is 0 Å². The first-order valence-electron chi connectivity index (χ1n) is 11.4. The van der Waals surface area contributed by atoms with Crippen molar-refractivity contribution in [2.75, 3.05) is 25.4 Å². The number of likely N-dealkylation sites (tertiary alicyclic amines) is 1. The van der Waals surface area contributed by atoms with Gasteiger partial charge in [0.25, 0.3) is 0 Å². The lowest BCUT2D eigenvalue weighted by molar-refractivity contribution is -0.137. The van der Waals surface area contributed by atoms with Gasteiger partial charge in [-0.3, -0.25) is 0 Å². The first kappa shape index (κ1) is 22.3. The number of nitrogens with one attached hydrogen (secondary N) is 1. The van der Waals surface area contributed by atoms with Crippen LogP contribution in [0.15, 0.2) is 36.5 Å². The van der Waals surface area contributed by atoms with E-state index in [1.54, 1.807) is 6.92 Å². The van der Waals surface area contributed by atoms with E-state index in [-0.39, 0.29) is 23.1 Å². The Morgan fingerprint density at radius 1 is 1.26 bits per heavy atom. The number of benzene rings is 1. The molecule has 0 saturated carbocycles. The number of nitrogens with zero attached hydrogens (tertiary/aromatic N) is 3. The van der Waals surface area contributed by atoms with Gasteiger partial charge in [-0.05, 0) is 45.4 Å². The zero-order valence-corrected chi connectivity index (χ0v) is 17.9. The van der Waals surface area contributed by atoms with Gasteiger partial charge in [0.15, 0.2) is 0 Å². The zero-order valence-electron chi connectivity index (χ0n) is 20.9. The molecular formula is C22H24F4N4O4. The van der Waals surface area contributed by atoms with Crippen LogP contribution in [-0.4, -0.2) is 63.1 Å². The van der Waals surface area contributed by atoms with Gasteiger partial charge in [-0.15, -0.1) is 0 Å². The molecule has 8 nitrogen and oxygen atoms in total. The normalized spacial score (nSPS) is 17.9. The molecule has 0 spiro atoms. The van der Waals surface area contributed by atoms with Crippen molar-refractivity contribution >= 4 is 17.9 Å². The Kier molecular flexibility index (Phi) is 7.56. The van der Waals surface area contributed by atoms with Crippen LogP contribution in [0.3, 0.4) is 0 Å². The number of likely N-dealkylation sites (N-methyl/N-ethyl adjacent to an activating group) is 1. The Bertz CT molecular complexity index is 1140. The number of rotatable bonds is 6. The lowest BCUT2D eigenvalue weighted by atomic mass is 10.0. The third kappa shape index (κ3) is 7.80. The number of carbonyl (C=O) groups is 2. The molecule has 34 heavy (non-hydrogen) atoms. The fraction of sp³-hybridized carbons (Fsp3) is 0.364. The molecule has 0 radical (unpaired) electrons. The van der Waals surface area contributed by atoms with Crippen molar-refractivity contribution in [3.63, 3.8) is 0 Å². The Hall–Kier alpha value is -3.54. The van der Waals surface area contributed by atoms with Crippen molar-refractivity contribution in [1.29, 1.82) is 0 Å². The van der Waals surface area contributed by atoms with Crippen LogP contribution in [0, 0.1) is 12.7 Å². The smallest absolute Gasteiger partial charge is 0.416 e. The van der Waals surface area contributed by atoms with Gasteiger partial charge in [0, 0.05) is 46.2 Å². The maximum absolute atomic E-state index is 14.2. The molecule has 1 aliphatic heterocycles. The molecule has 1 atom stereocenters. The molecule has 0 bridgehead atoms. The molecular weight excluding hydrogens is 460 g/mol. The molecule has 1 aromatic carbocycles. The summed E-state index contributed by atoms with van der Waals surface area (Å²) in [7, 11) is 0. The molecule has 184 valence electrons. The van der Waals surface area contributed by atoms with E-state index in [1.807, 2.05) is 0 Å². The third-order valence-corrected chi connectivity index (χ3v) is 4.81. The number of halogens is 4.